The number of rotatable bonds is 5. The molecule has 0 spiro atoms. The molecule has 0 amide bonds. The van der Waals surface area contributed by atoms with Crippen LogP contribution in [0.2, 0.25) is 0 Å². The van der Waals surface area contributed by atoms with Crippen LogP contribution in [-0.2, 0) is 19.2 Å². The summed E-state index contributed by atoms with van der Waals surface area (Å²) in [7, 11) is 2.00. The molecular formula is C9H15ClN2S. The summed E-state index contributed by atoms with van der Waals surface area (Å²) in [5.41, 5.74) is 2.45. The van der Waals surface area contributed by atoms with Crippen LogP contribution in [0.15, 0.2) is 6.07 Å². The van der Waals surface area contributed by atoms with Crippen LogP contribution in [0, 0.1) is 0 Å². The lowest BCUT2D eigenvalue weighted by Crippen LogP contribution is -1.97. The maximum atomic E-state index is 5.60. The van der Waals surface area contributed by atoms with E-state index in [4.69, 9.17) is 11.6 Å². The number of alkyl halides is 1. The molecule has 0 unspecified atom stereocenters. The van der Waals surface area contributed by atoms with Crippen LogP contribution in [0.5, 0.6) is 0 Å². The zero-order valence-corrected chi connectivity index (χ0v) is 9.66. The van der Waals surface area contributed by atoms with Gasteiger partial charge < -0.3 is 0 Å². The first-order chi connectivity index (χ1) is 6.27. The number of hydrogen-bond acceptors (Lipinski definition) is 2. The maximum Gasteiger partial charge on any atom is 0.0624 e. The first kappa shape index (κ1) is 10.9. The van der Waals surface area contributed by atoms with Crippen LogP contribution >= 0.6 is 23.4 Å². The van der Waals surface area contributed by atoms with E-state index in [2.05, 4.69) is 18.1 Å². The Hall–Kier alpha value is -0.150. The molecule has 0 atom stereocenters. The number of nitrogens with zero attached hydrogens (tertiary/aromatic N) is 2. The van der Waals surface area contributed by atoms with Crippen LogP contribution in [-0.4, -0.2) is 21.4 Å². The maximum absolute atomic E-state index is 5.60. The third-order valence-electron chi connectivity index (χ3n) is 1.86. The molecule has 0 aromatic carbocycles. The van der Waals surface area contributed by atoms with Crippen LogP contribution in [0.25, 0.3) is 0 Å². The highest BCUT2D eigenvalue weighted by molar-refractivity contribution is 7.98. The SMILES string of the molecule is CCc1cc(CSCCCl)n(C)n1. The topological polar surface area (TPSA) is 17.8 Å². The Morgan fingerprint density at radius 1 is 1.62 bits per heavy atom. The van der Waals surface area contributed by atoms with Gasteiger partial charge in [0.1, 0.15) is 0 Å². The van der Waals surface area contributed by atoms with E-state index in [1.54, 1.807) is 0 Å². The van der Waals surface area contributed by atoms with Gasteiger partial charge >= 0.3 is 0 Å². The quantitative estimate of drug-likeness (QED) is 0.558. The van der Waals surface area contributed by atoms with E-state index >= 15 is 0 Å². The molecule has 0 saturated carbocycles. The highest BCUT2D eigenvalue weighted by atomic mass is 35.5. The van der Waals surface area contributed by atoms with E-state index in [0.29, 0.717) is 0 Å². The molecule has 4 heteroatoms. The second-order valence-corrected chi connectivity index (χ2v) is 4.33. The summed E-state index contributed by atoms with van der Waals surface area (Å²) >= 11 is 7.45. The Morgan fingerprint density at radius 2 is 2.38 bits per heavy atom. The van der Waals surface area contributed by atoms with Crippen molar-refractivity contribution in [2.75, 3.05) is 11.6 Å². The van der Waals surface area contributed by atoms with Crippen LogP contribution in [0.4, 0.5) is 0 Å². The average Bonchev–Trinajstić information content (AvgIpc) is 2.48. The minimum Gasteiger partial charge on any atom is -0.272 e. The highest BCUT2D eigenvalue weighted by Crippen LogP contribution is 2.13. The minimum atomic E-state index is 0.725. The molecule has 0 saturated heterocycles. The molecule has 0 aliphatic carbocycles. The standard InChI is InChI=1S/C9H15ClN2S/c1-3-8-6-9(12(2)11-8)7-13-5-4-10/h6H,3-5,7H2,1-2H3. The van der Waals surface area contributed by atoms with E-state index in [9.17, 15) is 0 Å². The van der Waals surface area contributed by atoms with E-state index < -0.39 is 0 Å². The van der Waals surface area contributed by atoms with Gasteiger partial charge in [-0.25, -0.2) is 0 Å². The molecule has 1 aromatic heterocycles. The van der Waals surface area contributed by atoms with Gasteiger partial charge in [0.15, 0.2) is 0 Å². The molecule has 0 N–H and O–H groups in total. The van der Waals surface area contributed by atoms with Crippen molar-refractivity contribution < 1.29 is 0 Å². The molecule has 1 aromatic rings. The van der Waals surface area contributed by atoms with E-state index in [1.807, 2.05) is 23.5 Å². The predicted molar refractivity (Wildman–Crippen MR) is 59.5 cm³/mol. The Morgan fingerprint density at radius 3 is 2.92 bits per heavy atom. The van der Waals surface area contributed by atoms with Gasteiger partial charge in [-0.3, -0.25) is 4.68 Å². The minimum absolute atomic E-state index is 0.725. The van der Waals surface area contributed by atoms with Gasteiger partial charge in [0, 0.05) is 30.1 Å². The summed E-state index contributed by atoms with van der Waals surface area (Å²) in [6.07, 6.45) is 1.01. The number of aromatic nitrogens is 2. The summed E-state index contributed by atoms with van der Waals surface area (Å²) in [6, 6.07) is 2.17. The molecule has 1 rings (SSSR count). The van der Waals surface area contributed by atoms with Crippen molar-refractivity contribution in [2.24, 2.45) is 7.05 Å². The van der Waals surface area contributed by atoms with E-state index in [-0.39, 0.29) is 0 Å². The molecule has 0 aliphatic heterocycles. The Kier molecular flexibility index (Phi) is 4.67. The fourth-order valence-electron chi connectivity index (χ4n) is 1.11. The van der Waals surface area contributed by atoms with Gasteiger partial charge in [-0.1, -0.05) is 6.92 Å². The third kappa shape index (κ3) is 3.24. The Balaban J connectivity index is 2.50. The van der Waals surface area contributed by atoms with Gasteiger partial charge in [0.05, 0.1) is 5.69 Å². The van der Waals surface area contributed by atoms with Crippen LogP contribution < -0.4 is 0 Å². The molecule has 0 fully saturated rings. The molecule has 13 heavy (non-hydrogen) atoms. The van der Waals surface area contributed by atoms with Crippen molar-refractivity contribution in [3.63, 3.8) is 0 Å². The van der Waals surface area contributed by atoms with Crippen LogP contribution in [0.1, 0.15) is 18.3 Å². The number of aryl methyl sites for hydroxylation is 2. The fourth-order valence-corrected chi connectivity index (χ4v) is 2.17. The molecule has 0 bridgehead atoms. The van der Waals surface area contributed by atoms with Gasteiger partial charge in [-0.05, 0) is 12.5 Å². The monoisotopic (exact) mass is 218 g/mol. The summed E-state index contributed by atoms with van der Waals surface area (Å²) < 4.78 is 1.96. The first-order valence-electron chi connectivity index (χ1n) is 4.43. The number of thioether (sulfide) groups is 1. The number of hydrogen-bond donors (Lipinski definition) is 0. The largest absolute Gasteiger partial charge is 0.272 e. The van der Waals surface area contributed by atoms with Gasteiger partial charge in [0.2, 0.25) is 0 Å². The molecule has 1 heterocycles. The van der Waals surface area contributed by atoms with Crippen molar-refractivity contribution in [3.8, 4) is 0 Å². The lowest BCUT2D eigenvalue weighted by Gasteiger charge is -1.99. The third-order valence-corrected chi connectivity index (χ3v) is 3.27. The number of halogens is 1. The van der Waals surface area contributed by atoms with Gasteiger partial charge in [-0.15, -0.1) is 11.6 Å². The van der Waals surface area contributed by atoms with Gasteiger partial charge in [-0.2, -0.15) is 16.9 Å². The van der Waals surface area contributed by atoms with Crippen molar-refractivity contribution in [2.45, 2.75) is 19.1 Å². The zero-order chi connectivity index (χ0) is 9.68. The van der Waals surface area contributed by atoms with Crippen molar-refractivity contribution >= 4 is 23.4 Å². The summed E-state index contributed by atoms with van der Waals surface area (Å²) in [6.45, 7) is 2.12. The van der Waals surface area contributed by atoms with E-state index in [0.717, 1.165) is 23.8 Å². The van der Waals surface area contributed by atoms with E-state index in [1.165, 1.54) is 11.4 Å². The van der Waals surface area contributed by atoms with Crippen molar-refractivity contribution in [3.05, 3.63) is 17.5 Å². The lowest BCUT2D eigenvalue weighted by molar-refractivity contribution is 0.720. The summed E-state index contributed by atoms with van der Waals surface area (Å²) in [5.74, 6) is 2.74. The highest BCUT2D eigenvalue weighted by Gasteiger charge is 2.02. The summed E-state index contributed by atoms with van der Waals surface area (Å²) in [5, 5.41) is 4.38. The van der Waals surface area contributed by atoms with Crippen LogP contribution in [0.3, 0.4) is 0 Å². The van der Waals surface area contributed by atoms with Gasteiger partial charge in [0.25, 0.3) is 0 Å². The molecule has 2 nitrogen and oxygen atoms in total. The summed E-state index contributed by atoms with van der Waals surface area (Å²) in [4.78, 5) is 0. The van der Waals surface area contributed by atoms with Crippen molar-refractivity contribution in [1.29, 1.82) is 0 Å². The average molecular weight is 219 g/mol. The smallest absolute Gasteiger partial charge is 0.0624 e. The second-order valence-electron chi connectivity index (χ2n) is 2.85. The predicted octanol–water partition coefficient (Wildman–Crippen LogP) is 2.45. The molecule has 0 radical (unpaired) electrons. The fraction of sp³-hybridized carbons (Fsp3) is 0.667. The lowest BCUT2D eigenvalue weighted by atomic mass is 10.3. The molecular weight excluding hydrogens is 204 g/mol. The second kappa shape index (κ2) is 5.55. The Bertz CT molecular complexity index is 260. The first-order valence-corrected chi connectivity index (χ1v) is 6.12. The Labute approximate surface area is 88.7 Å². The normalized spacial score (nSPS) is 10.7. The molecule has 0 aliphatic rings. The zero-order valence-electron chi connectivity index (χ0n) is 8.09. The molecule has 74 valence electrons. The van der Waals surface area contributed by atoms with Crippen molar-refractivity contribution in [1.82, 2.24) is 9.78 Å².